The average molecular weight is 237 g/mol. The number of imide groups is 1. The fourth-order valence-corrected chi connectivity index (χ4v) is 2.26. The summed E-state index contributed by atoms with van der Waals surface area (Å²) in [5.74, 6) is -0.115. The lowest BCUT2D eigenvalue weighted by Crippen LogP contribution is -2.52. The maximum Gasteiger partial charge on any atom is 0.421 e. The van der Waals surface area contributed by atoms with Crippen LogP contribution in [0.4, 0.5) is 4.79 Å². The lowest BCUT2D eigenvalue weighted by molar-refractivity contribution is -0.142. The molecule has 2 heterocycles. The van der Waals surface area contributed by atoms with Crippen molar-refractivity contribution in [1.82, 2.24) is 4.90 Å². The third-order valence-electron chi connectivity index (χ3n) is 3.30. The van der Waals surface area contributed by atoms with Gasteiger partial charge in [-0.15, -0.1) is 0 Å². The van der Waals surface area contributed by atoms with Crippen molar-refractivity contribution in [3.8, 4) is 0 Å². The molecule has 0 spiro atoms. The Balaban J connectivity index is 2.23. The summed E-state index contributed by atoms with van der Waals surface area (Å²) in [5, 5.41) is 0. The summed E-state index contributed by atoms with van der Waals surface area (Å²) in [6.07, 6.45) is 3.78. The highest BCUT2D eigenvalue weighted by Gasteiger charge is 2.48. The number of piperidine rings is 1. The van der Waals surface area contributed by atoms with Crippen LogP contribution >= 0.6 is 0 Å². The molecule has 1 aliphatic carbocycles. The van der Waals surface area contributed by atoms with Gasteiger partial charge in [0.2, 0.25) is 5.91 Å². The number of rotatable bonds is 0. The second-order valence-corrected chi connectivity index (χ2v) is 6.08. The minimum absolute atomic E-state index is 0.115. The predicted octanol–water partition coefficient (Wildman–Crippen LogP) is 2.84. The van der Waals surface area contributed by atoms with Crippen molar-refractivity contribution < 1.29 is 14.3 Å². The van der Waals surface area contributed by atoms with Gasteiger partial charge in [0.1, 0.15) is 5.60 Å². The lowest BCUT2D eigenvalue weighted by Gasteiger charge is -2.43. The van der Waals surface area contributed by atoms with Crippen LogP contribution in [0.5, 0.6) is 0 Å². The summed E-state index contributed by atoms with van der Waals surface area (Å²) in [6.45, 7) is 7.31. The molecular weight excluding hydrogens is 218 g/mol. The van der Waals surface area contributed by atoms with Crippen LogP contribution in [0, 0.1) is 5.41 Å². The van der Waals surface area contributed by atoms with E-state index in [2.05, 4.69) is 0 Å². The molecule has 17 heavy (non-hydrogen) atoms. The van der Waals surface area contributed by atoms with Gasteiger partial charge in [0.15, 0.2) is 0 Å². The zero-order valence-corrected chi connectivity index (χ0v) is 10.9. The highest BCUT2D eigenvalue weighted by atomic mass is 16.6. The molecule has 0 radical (unpaired) electrons. The van der Waals surface area contributed by atoms with Gasteiger partial charge in [-0.25, -0.2) is 9.69 Å². The van der Waals surface area contributed by atoms with E-state index in [1.165, 1.54) is 4.90 Å². The summed E-state index contributed by atoms with van der Waals surface area (Å²) in [7, 11) is 0. The summed E-state index contributed by atoms with van der Waals surface area (Å²) in [4.78, 5) is 25.4. The number of hydrogen-bond donors (Lipinski definition) is 0. The van der Waals surface area contributed by atoms with Crippen molar-refractivity contribution in [3.05, 3.63) is 11.8 Å². The third-order valence-corrected chi connectivity index (χ3v) is 3.30. The Bertz CT molecular complexity index is 405. The van der Waals surface area contributed by atoms with Crippen LogP contribution < -0.4 is 0 Å². The number of allylic oxidation sites excluding steroid dienone is 2. The Morgan fingerprint density at radius 2 is 2.12 bits per heavy atom. The highest BCUT2D eigenvalue weighted by Crippen LogP contribution is 2.44. The second-order valence-electron chi connectivity index (χ2n) is 6.08. The fraction of sp³-hybridized carbons (Fsp3) is 0.692. The summed E-state index contributed by atoms with van der Waals surface area (Å²) in [5.41, 5.74) is -0.193. The van der Waals surface area contributed by atoms with E-state index in [9.17, 15) is 9.59 Å². The van der Waals surface area contributed by atoms with Crippen molar-refractivity contribution in [1.29, 1.82) is 0 Å². The van der Waals surface area contributed by atoms with E-state index < -0.39 is 17.1 Å². The van der Waals surface area contributed by atoms with Crippen LogP contribution in [0.2, 0.25) is 0 Å². The third kappa shape index (κ3) is 2.08. The molecule has 0 saturated carbocycles. The topological polar surface area (TPSA) is 46.6 Å². The SMILES string of the molecule is CC(C)(C)OC(=O)N1C(=O)C2(C)CC=C1CC2. The maximum absolute atomic E-state index is 12.2. The number of hydrogen-bond acceptors (Lipinski definition) is 3. The first-order chi connectivity index (χ1) is 7.73. The maximum atomic E-state index is 12.2. The van der Waals surface area contributed by atoms with Crippen LogP contribution in [0.1, 0.15) is 47.0 Å². The summed E-state index contributed by atoms with van der Waals surface area (Å²) in [6, 6.07) is 0. The Morgan fingerprint density at radius 1 is 1.47 bits per heavy atom. The number of carbonyl (C=O) groups is 2. The molecule has 0 N–H and O–H groups in total. The van der Waals surface area contributed by atoms with Crippen LogP contribution in [-0.4, -0.2) is 22.5 Å². The standard InChI is InChI=1S/C13H19NO3/c1-12(2,3)17-11(16)14-9-5-7-13(4,8-6-9)10(14)15/h5H,6-8H2,1-4H3. The molecule has 1 saturated heterocycles. The van der Waals surface area contributed by atoms with Gasteiger partial charge in [-0.2, -0.15) is 0 Å². The number of carbonyl (C=O) groups excluding carboxylic acids is 2. The molecule has 1 fully saturated rings. The highest BCUT2D eigenvalue weighted by molar-refractivity contribution is 5.99. The first kappa shape index (κ1) is 12.1. The van der Waals surface area contributed by atoms with E-state index in [4.69, 9.17) is 4.74 Å². The normalized spacial score (nSPS) is 28.1. The number of nitrogens with zero attached hydrogens (tertiary/aromatic N) is 1. The van der Waals surface area contributed by atoms with Gasteiger partial charge in [-0.05, 0) is 40.0 Å². The molecule has 2 bridgehead atoms. The predicted molar refractivity (Wildman–Crippen MR) is 63.1 cm³/mol. The summed E-state index contributed by atoms with van der Waals surface area (Å²) >= 11 is 0. The lowest BCUT2D eigenvalue weighted by atomic mass is 9.73. The Morgan fingerprint density at radius 3 is 2.59 bits per heavy atom. The molecular formula is C13H19NO3. The van der Waals surface area contributed by atoms with E-state index in [0.29, 0.717) is 0 Å². The van der Waals surface area contributed by atoms with E-state index >= 15 is 0 Å². The fourth-order valence-electron chi connectivity index (χ4n) is 2.26. The van der Waals surface area contributed by atoms with Gasteiger partial charge in [0, 0.05) is 5.70 Å². The van der Waals surface area contributed by atoms with Crippen LogP contribution in [0.3, 0.4) is 0 Å². The second kappa shape index (κ2) is 3.59. The molecule has 2 aliphatic heterocycles. The smallest absolute Gasteiger partial charge is 0.421 e. The molecule has 2 amide bonds. The molecule has 94 valence electrons. The summed E-state index contributed by atoms with van der Waals surface area (Å²) < 4.78 is 5.27. The van der Waals surface area contributed by atoms with Crippen LogP contribution in [0.15, 0.2) is 11.8 Å². The zero-order valence-electron chi connectivity index (χ0n) is 10.9. The molecule has 4 heteroatoms. The minimum atomic E-state index is -0.574. The Labute approximate surface area is 102 Å². The van der Waals surface area contributed by atoms with Crippen LogP contribution in [0.25, 0.3) is 0 Å². The van der Waals surface area contributed by atoms with Gasteiger partial charge < -0.3 is 4.74 Å². The van der Waals surface area contributed by atoms with E-state index in [-0.39, 0.29) is 5.91 Å². The first-order valence-corrected chi connectivity index (χ1v) is 5.99. The molecule has 4 nitrogen and oxygen atoms in total. The Kier molecular flexibility index (Phi) is 2.56. The minimum Gasteiger partial charge on any atom is -0.443 e. The molecule has 1 atom stereocenters. The number of fused-ring (bicyclic) bond motifs is 3. The first-order valence-electron chi connectivity index (χ1n) is 5.99. The van der Waals surface area contributed by atoms with Gasteiger partial charge in [-0.3, -0.25) is 4.79 Å². The molecule has 0 aromatic rings. The molecule has 3 rings (SSSR count). The van der Waals surface area contributed by atoms with Crippen molar-refractivity contribution in [2.45, 2.75) is 52.6 Å². The van der Waals surface area contributed by atoms with Gasteiger partial charge in [0.25, 0.3) is 0 Å². The molecule has 3 aliphatic rings. The molecule has 0 aromatic heterocycles. The zero-order chi connectivity index (χ0) is 12.8. The number of ether oxygens (including phenoxy) is 1. The average Bonchev–Trinajstić information content (AvgIpc) is 2.17. The van der Waals surface area contributed by atoms with E-state index in [0.717, 1.165) is 25.0 Å². The van der Waals surface area contributed by atoms with Crippen molar-refractivity contribution in [3.63, 3.8) is 0 Å². The van der Waals surface area contributed by atoms with Crippen molar-refractivity contribution in [2.24, 2.45) is 5.41 Å². The largest absolute Gasteiger partial charge is 0.443 e. The van der Waals surface area contributed by atoms with Crippen molar-refractivity contribution >= 4 is 12.0 Å². The Hall–Kier alpha value is -1.32. The van der Waals surface area contributed by atoms with E-state index in [1.807, 2.05) is 13.0 Å². The monoisotopic (exact) mass is 237 g/mol. The van der Waals surface area contributed by atoms with E-state index in [1.54, 1.807) is 20.8 Å². The molecule has 0 aromatic carbocycles. The van der Waals surface area contributed by atoms with Crippen LogP contribution in [-0.2, 0) is 9.53 Å². The molecule has 1 unspecified atom stereocenters. The quantitative estimate of drug-likeness (QED) is 0.650. The van der Waals surface area contributed by atoms with Gasteiger partial charge in [0.05, 0.1) is 5.41 Å². The van der Waals surface area contributed by atoms with Crippen molar-refractivity contribution in [2.75, 3.05) is 0 Å². The number of amides is 2. The van der Waals surface area contributed by atoms with Gasteiger partial charge in [-0.1, -0.05) is 13.0 Å². The van der Waals surface area contributed by atoms with Gasteiger partial charge >= 0.3 is 6.09 Å².